The molecular formula is C14H19N3S2. The lowest BCUT2D eigenvalue weighted by Crippen LogP contribution is -2.08. The van der Waals surface area contributed by atoms with Crippen LogP contribution >= 0.6 is 23.1 Å². The minimum Gasteiger partial charge on any atom is -0.370 e. The maximum atomic E-state index is 4.65. The molecule has 2 heterocycles. The van der Waals surface area contributed by atoms with Crippen LogP contribution in [0.4, 0.5) is 5.82 Å². The number of rotatable bonds is 6. The van der Waals surface area contributed by atoms with Gasteiger partial charge < -0.3 is 5.32 Å². The first kappa shape index (κ1) is 14.3. The van der Waals surface area contributed by atoms with Gasteiger partial charge in [-0.05, 0) is 24.8 Å². The number of aryl methyl sites for hydroxylation is 1. The van der Waals surface area contributed by atoms with E-state index >= 15 is 0 Å². The number of hydrogen-bond acceptors (Lipinski definition) is 5. The Balaban J connectivity index is 2.30. The predicted molar refractivity (Wildman–Crippen MR) is 83.4 cm³/mol. The monoisotopic (exact) mass is 293 g/mol. The van der Waals surface area contributed by atoms with Crippen molar-refractivity contribution in [1.82, 2.24) is 9.97 Å². The van der Waals surface area contributed by atoms with Gasteiger partial charge in [0, 0.05) is 18.5 Å². The van der Waals surface area contributed by atoms with Gasteiger partial charge >= 0.3 is 0 Å². The third kappa shape index (κ3) is 3.70. The Morgan fingerprint density at radius 2 is 2.16 bits per heavy atom. The van der Waals surface area contributed by atoms with Crippen LogP contribution in [0.5, 0.6) is 0 Å². The summed E-state index contributed by atoms with van der Waals surface area (Å²) in [4.78, 5) is 9.24. The molecule has 19 heavy (non-hydrogen) atoms. The van der Waals surface area contributed by atoms with Gasteiger partial charge in [0.25, 0.3) is 0 Å². The molecule has 102 valence electrons. The average Bonchev–Trinajstić information content (AvgIpc) is 2.92. The first-order valence-electron chi connectivity index (χ1n) is 6.57. The molecule has 0 saturated carbocycles. The fraction of sp³-hybridized carbons (Fsp3) is 0.429. The van der Waals surface area contributed by atoms with Crippen LogP contribution in [-0.2, 0) is 6.42 Å². The maximum Gasteiger partial charge on any atom is 0.133 e. The summed E-state index contributed by atoms with van der Waals surface area (Å²) in [7, 11) is 0. The molecule has 2 rings (SSSR count). The molecule has 0 spiro atoms. The first-order valence-corrected chi connectivity index (χ1v) is 8.27. The summed E-state index contributed by atoms with van der Waals surface area (Å²) in [6.07, 6.45) is 1.96. The van der Waals surface area contributed by atoms with Crippen LogP contribution in [0.2, 0.25) is 0 Å². The van der Waals surface area contributed by atoms with Crippen LogP contribution in [0, 0.1) is 6.92 Å². The van der Waals surface area contributed by atoms with Gasteiger partial charge in [0.1, 0.15) is 16.7 Å². The summed E-state index contributed by atoms with van der Waals surface area (Å²) < 4.78 is 1.27. The van der Waals surface area contributed by atoms with E-state index in [0.717, 1.165) is 41.6 Å². The zero-order chi connectivity index (χ0) is 13.7. The van der Waals surface area contributed by atoms with Gasteiger partial charge in [-0.1, -0.05) is 31.7 Å². The van der Waals surface area contributed by atoms with E-state index in [4.69, 9.17) is 0 Å². The minimum atomic E-state index is 0.860. The Hall–Kier alpha value is -1.07. The first-order chi connectivity index (χ1) is 9.24. The van der Waals surface area contributed by atoms with Gasteiger partial charge in [-0.25, -0.2) is 9.97 Å². The van der Waals surface area contributed by atoms with Crippen molar-refractivity contribution in [3.8, 4) is 0 Å². The minimum absolute atomic E-state index is 0.860. The van der Waals surface area contributed by atoms with Gasteiger partial charge in [0.05, 0.1) is 4.21 Å². The second kappa shape index (κ2) is 6.91. The Kier molecular flexibility index (Phi) is 5.22. The van der Waals surface area contributed by atoms with E-state index in [1.165, 1.54) is 4.21 Å². The SMILES string of the molecule is CCCNc1nc(CC)nc(Sc2cccs2)c1C. The molecule has 0 unspecified atom stereocenters. The number of nitrogens with zero attached hydrogens (tertiary/aromatic N) is 2. The molecule has 1 N–H and O–H groups in total. The van der Waals surface area contributed by atoms with Crippen molar-refractivity contribution in [2.24, 2.45) is 0 Å². The molecule has 0 bridgehead atoms. The Morgan fingerprint density at radius 1 is 1.32 bits per heavy atom. The molecule has 2 aromatic heterocycles. The van der Waals surface area contributed by atoms with Crippen LogP contribution in [0.3, 0.4) is 0 Å². The van der Waals surface area contributed by atoms with E-state index in [0.29, 0.717) is 0 Å². The zero-order valence-electron chi connectivity index (χ0n) is 11.6. The van der Waals surface area contributed by atoms with E-state index in [9.17, 15) is 0 Å². The molecule has 0 radical (unpaired) electrons. The van der Waals surface area contributed by atoms with E-state index in [2.05, 4.69) is 53.6 Å². The normalized spacial score (nSPS) is 10.7. The molecule has 3 nitrogen and oxygen atoms in total. The van der Waals surface area contributed by atoms with Crippen molar-refractivity contribution >= 4 is 28.9 Å². The number of aromatic nitrogens is 2. The second-order valence-electron chi connectivity index (χ2n) is 4.23. The fourth-order valence-corrected chi connectivity index (χ4v) is 3.41. The summed E-state index contributed by atoms with van der Waals surface area (Å²) in [5, 5.41) is 6.55. The smallest absolute Gasteiger partial charge is 0.133 e. The highest BCUT2D eigenvalue weighted by Crippen LogP contribution is 2.34. The summed E-state index contributed by atoms with van der Waals surface area (Å²) in [6, 6.07) is 4.20. The number of nitrogens with one attached hydrogen (secondary N) is 1. The number of thiophene rings is 1. The Bertz CT molecular complexity index is 524. The summed E-state index contributed by atoms with van der Waals surface area (Å²) >= 11 is 3.47. The highest BCUT2D eigenvalue weighted by atomic mass is 32.2. The Labute approximate surface area is 122 Å². The van der Waals surface area contributed by atoms with Gasteiger partial charge in [0.2, 0.25) is 0 Å². The van der Waals surface area contributed by atoms with E-state index in [1.807, 2.05) is 0 Å². The van der Waals surface area contributed by atoms with Crippen molar-refractivity contribution in [2.75, 3.05) is 11.9 Å². The van der Waals surface area contributed by atoms with Gasteiger partial charge in [-0.3, -0.25) is 0 Å². The molecular weight excluding hydrogens is 274 g/mol. The zero-order valence-corrected chi connectivity index (χ0v) is 13.2. The largest absolute Gasteiger partial charge is 0.370 e. The molecule has 0 aliphatic heterocycles. The van der Waals surface area contributed by atoms with Gasteiger partial charge in [-0.15, -0.1) is 11.3 Å². The third-order valence-electron chi connectivity index (χ3n) is 2.70. The van der Waals surface area contributed by atoms with Gasteiger partial charge in [0.15, 0.2) is 0 Å². The highest BCUT2D eigenvalue weighted by molar-refractivity contribution is 8.01. The lowest BCUT2D eigenvalue weighted by Gasteiger charge is -2.12. The van der Waals surface area contributed by atoms with Crippen molar-refractivity contribution in [2.45, 2.75) is 42.8 Å². The van der Waals surface area contributed by atoms with Gasteiger partial charge in [-0.2, -0.15) is 0 Å². The average molecular weight is 293 g/mol. The molecule has 0 fully saturated rings. The van der Waals surface area contributed by atoms with Crippen molar-refractivity contribution in [3.63, 3.8) is 0 Å². The van der Waals surface area contributed by atoms with Crippen LogP contribution in [0.1, 0.15) is 31.7 Å². The van der Waals surface area contributed by atoms with E-state index < -0.39 is 0 Å². The third-order valence-corrected chi connectivity index (χ3v) is 4.83. The molecule has 0 aromatic carbocycles. The molecule has 0 aliphatic carbocycles. The van der Waals surface area contributed by atoms with Crippen LogP contribution in [0.15, 0.2) is 26.7 Å². The lowest BCUT2D eigenvalue weighted by molar-refractivity contribution is 0.862. The molecule has 5 heteroatoms. The van der Waals surface area contributed by atoms with Crippen molar-refractivity contribution in [1.29, 1.82) is 0 Å². The van der Waals surface area contributed by atoms with Crippen molar-refractivity contribution < 1.29 is 0 Å². The highest BCUT2D eigenvalue weighted by Gasteiger charge is 2.11. The summed E-state index contributed by atoms with van der Waals surface area (Å²) in [6.45, 7) is 7.29. The number of hydrogen-bond donors (Lipinski definition) is 1. The summed E-state index contributed by atoms with van der Waals surface area (Å²) in [5.41, 5.74) is 1.14. The fourth-order valence-electron chi connectivity index (χ4n) is 1.63. The van der Waals surface area contributed by atoms with Crippen LogP contribution in [0.25, 0.3) is 0 Å². The quantitative estimate of drug-likeness (QED) is 0.802. The molecule has 0 amide bonds. The maximum absolute atomic E-state index is 4.65. The molecule has 0 atom stereocenters. The lowest BCUT2D eigenvalue weighted by atomic mass is 10.3. The van der Waals surface area contributed by atoms with Crippen LogP contribution in [-0.4, -0.2) is 16.5 Å². The Morgan fingerprint density at radius 3 is 2.79 bits per heavy atom. The molecule has 2 aromatic rings. The topological polar surface area (TPSA) is 37.8 Å². The molecule has 0 saturated heterocycles. The van der Waals surface area contributed by atoms with Crippen LogP contribution < -0.4 is 5.32 Å². The molecule has 0 aliphatic rings. The predicted octanol–water partition coefficient (Wildman–Crippen LogP) is 4.38. The second-order valence-corrected chi connectivity index (χ2v) is 6.47. The summed E-state index contributed by atoms with van der Waals surface area (Å²) in [5.74, 6) is 1.89. The standard InChI is InChI=1S/C14H19N3S2/c1-4-8-15-13-10(3)14(17-11(5-2)16-13)19-12-7-6-9-18-12/h6-7,9H,4-5,8H2,1-3H3,(H,15,16,17). The number of anilines is 1. The van der Waals surface area contributed by atoms with E-state index in [-0.39, 0.29) is 0 Å². The van der Waals surface area contributed by atoms with E-state index in [1.54, 1.807) is 23.1 Å². The van der Waals surface area contributed by atoms with Crippen molar-refractivity contribution in [3.05, 3.63) is 28.9 Å².